The molecule has 2 heterocycles. The average molecular weight is 309 g/mol. The number of rotatable bonds is 3. The lowest BCUT2D eigenvalue weighted by atomic mass is 10.0. The van der Waals surface area contributed by atoms with Crippen LogP contribution in [-0.2, 0) is 12.8 Å². The number of benzene rings is 1. The molecular weight excluding hydrogens is 294 g/mol. The first-order valence-corrected chi connectivity index (χ1v) is 7.12. The minimum Gasteiger partial charge on any atom is -0.467 e. The highest BCUT2D eigenvalue weighted by atomic mass is 16.5. The number of carbonyl (C=O) groups excluding carboxylic acids is 1. The number of nitriles is 1. The first-order valence-electron chi connectivity index (χ1n) is 7.12. The van der Waals surface area contributed by atoms with Crippen LogP contribution in [0.5, 0.6) is 6.01 Å². The van der Waals surface area contributed by atoms with E-state index in [-0.39, 0.29) is 17.7 Å². The van der Waals surface area contributed by atoms with Crippen LogP contribution in [0.25, 0.3) is 0 Å². The van der Waals surface area contributed by atoms with E-state index in [0.717, 1.165) is 11.3 Å². The van der Waals surface area contributed by atoms with E-state index in [9.17, 15) is 4.79 Å². The van der Waals surface area contributed by atoms with Crippen LogP contribution in [0.3, 0.4) is 0 Å². The van der Waals surface area contributed by atoms with E-state index in [1.165, 1.54) is 7.11 Å². The third-order valence-corrected chi connectivity index (χ3v) is 3.74. The summed E-state index contributed by atoms with van der Waals surface area (Å²) in [7, 11) is 1.46. The Kier molecular flexibility index (Phi) is 3.81. The molecule has 116 valence electrons. The van der Waals surface area contributed by atoms with Crippen molar-refractivity contribution in [1.29, 1.82) is 5.26 Å². The van der Waals surface area contributed by atoms with E-state index in [1.54, 1.807) is 4.90 Å². The molecule has 0 bridgehead atoms. The van der Waals surface area contributed by atoms with Crippen LogP contribution >= 0.6 is 0 Å². The standard InChI is InChI=1S/C16H15N5O2/c1-23-16-19-12-7-9-21(15(22)13(12)14(18)20-16)11-4-2-10(3-5-11)6-8-17/h2-5H,6-7,9H2,1H3,(H2,18,19,20). The Morgan fingerprint density at radius 1 is 1.35 bits per heavy atom. The van der Waals surface area contributed by atoms with Gasteiger partial charge in [0.25, 0.3) is 5.91 Å². The summed E-state index contributed by atoms with van der Waals surface area (Å²) in [6.45, 7) is 0.503. The molecule has 0 aliphatic carbocycles. The minimum absolute atomic E-state index is 0.127. The zero-order valence-electron chi connectivity index (χ0n) is 12.6. The third-order valence-electron chi connectivity index (χ3n) is 3.74. The Balaban J connectivity index is 1.93. The lowest BCUT2D eigenvalue weighted by Crippen LogP contribution is -2.39. The van der Waals surface area contributed by atoms with Crippen molar-refractivity contribution in [2.24, 2.45) is 0 Å². The zero-order valence-corrected chi connectivity index (χ0v) is 12.6. The molecule has 0 saturated carbocycles. The molecule has 0 unspecified atom stereocenters. The minimum atomic E-state index is -0.223. The van der Waals surface area contributed by atoms with E-state index in [2.05, 4.69) is 16.0 Å². The van der Waals surface area contributed by atoms with Crippen molar-refractivity contribution in [3.05, 3.63) is 41.1 Å². The Morgan fingerprint density at radius 3 is 2.74 bits per heavy atom. The molecule has 0 saturated heterocycles. The van der Waals surface area contributed by atoms with E-state index in [4.69, 9.17) is 15.7 Å². The SMILES string of the molecule is COc1nc(N)c2c(n1)CCN(c1ccc(CC#N)cc1)C2=O. The fourth-order valence-corrected chi connectivity index (χ4v) is 2.59. The summed E-state index contributed by atoms with van der Waals surface area (Å²) in [6.07, 6.45) is 0.918. The molecule has 7 nitrogen and oxygen atoms in total. The largest absolute Gasteiger partial charge is 0.467 e. The van der Waals surface area contributed by atoms with Crippen molar-refractivity contribution >= 4 is 17.4 Å². The molecule has 1 amide bonds. The number of nitrogens with zero attached hydrogens (tertiary/aromatic N) is 4. The van der Waals surface area contributed by atoms with E-state index in [0.29, 0.717) is 30.6 Å². The normalized spacial score (nSPS) is 13.4. The second-order valence-electron chi connectivity index (χ2n) is 5.13. The highest BCUT2D eigenvalue weighted by Gasteiger charge is 2.30. The summed E-state index contributed by atoms with van der Waals surface area (Å²) in [5.74, 6) is -0.0953. The van der Waals surface area contributed by atoms with Gasteiger partial charge in [0.05, 0.1) is 25.3 Å². The second-order valence-corrected chi connectivity index (χ2v) is 5.13. The van der Waals surface area contributed by atoms with Crippen molar-refractivity contribution in [1.82, 2.24) is 9.97 Å². The van der Waals surface area contributed by atoms with Gasteiger partial charge in [-0.25, -0.2) is 0 Å². The molecule has 2 N–H and O–H groups in total. The Bertz CT molecular complexity index is 795. The number of aromatic nitrogens is 2. The second kappa shape index (κ2) is 5.93. The summed E-state index contributed by atoms with van der Waals surface area (Å²) in [4.78, 5) is 22.6. The number of amides is 1. The van der Waals surface area contributed by atoms with Gasteiger partial charge in [-0.2, -0.15) is 15.2 Å². The van der Waals surface area contributed by atoms with Crippen molar-refractivity contribution in [3.8, 4) is 12.1 Å². The van der Waals surface area contributed by atoms with Crippen LogP contribution in [0.4, 0.5) is 11.5 Å². The first-order chi connectivity index (χ1) is 11.1. The first kappa shape index (κ1) is 14.8. The number of anilines is 2. The topological polar surface area (TPSA) is 105 Å². The summed E-state index contributed by atoms with van der Waals surface area (Å²) in [5, 5.41) is 8.71. The molecule has 0 fully saturated rings. The Labute approximate surface area is 133 Å². The summed E-state index contributed by atoms with van der Waals surface area (Å²) < 4.78 is 4.99. The predicted molar refractivity (Wildman–Crippen MR) is 84.1 cm³/mol. The fraction of sp³-hybridized carbons (Fsp3) is 0.250. The molecule has 0 atom stereocenters. The Hall–Kier alpha value is -3.14. The van der Waals surface area contributed by atoms with Crippen molar-refractivity contribution < 1.29 is 9.53 Å². The molecule has 2 aromatic rings. The highest BCUT2D eigenvalue weighted by molar-refractivity contribution is 6.10. The zero-order chi connectivity index (χ0) is 16.4. The smallest absolute Gasteiger partial charge is 0.318 e. The van der Waals surface area contributed by atoms with E-state index < -0.39 is 0 Å². The van der Waals surface area contributed by atoms with Crippen molar-refractivity contribution in [2.75, 3.05) is 24.3 Å². The number of fused-ring (bicyclic) bond motifs is 1. The van der Waals surface area contributed by atoms with Crippen LogP contribution < -0.4 is 15.4 Å². The van der Waals surface area contributed by atoms with Gasteiger partial charge in [-0.3, -0.25) is 4.79 Å². The van der Waals surface area contributed by atoms with Crippen LogP contribution in [0.15, 0.2) is 24.3 Å². The van der Waals surface area contributed by atoms with Crippen LogP contribution in [0.1, 0.15) is 21.6 Å². The molecule has 1 aromatic carbocycles. The third kappa shape index (κ3) is 2.66. The van der Waals surface area contributed by atoms with Crippen molar-refractivity contribution in [3.63, 3.8) is 0 Å². The molecule has 7 heteroatoms. The number of carbonyl (C=O) groups is 1. The molecule has 1 aliphatic heterocycles. The maximum atomic E-state index is 12.7. The van der Waals surface area contributed by atoms with Crippen LogP contribution in [-0.4, -0.2) is 29.5 Å². The molecule has 0 radical (unpaired) electrons. The van der Waals surface area contributed by atoms with Gasteiger partial charge in [0.2, 0.25) is 0 Å². The van der Waals surface area contributed by atoms with E-state index >= 15 is 0 Å². The number of hydrogen-bond acceptors (Lipinski definition) is 6. The molecule has 3 rings (SSSR count). The average Bonchev–Trinajstić information content (AvgIpc) is 2.56. The number of nitrogen functional groups attached to an aromatic ring is 1. The number of ether oxygens (including phenoxy) is 1. The van der Waals surface area contributed by atoms with Gasteiger partial charge in [0.1, 0.15) is 11.4 Å². The lowest BCUT2D eigenvalue weighted by molar-refractivity contribution is 0.0980. The molecule has 1 aliphatic rings. The molecule has 23 heavy (non-hydrogen) atoms. The van der Waals surface area contributed by atoms with Crippen LogP contribution in [0.2, 0.25) is 0 Å². The van der Waals surface area contributed by atoms with Crippen molar-refractivity contribution in [2.45, 2.75) is 12.8 Å². The molecule has 0 spiro atoms. The fourth-order valence-electron chi connectivity index (χ4n) is 2.59. The predicted octanol–water partition coefficient (Wildman–Crippen LogP) is 1.34. The number of nitrogens with two attached hydrogens (primary N) is 1. The van der Waals surface area contributed by atoms with Gasteiger partial charge in [0, 0.05) is 18.7 Å². The summed E-state index contributed by atoms with van der Waals surface area (Å²) >= 11 is 0. The highest BCUT2D eigenvalue weighted by Crippen LogP contribution is 2.27. The number of hydrogen-bond donors (Lipinski definition) is 1. The van der Waals surface area contributed by atoms with E-state index in [1.807, 2.05) is 24.3 Å². The van der Waals surface area contributed by atoms with Crippen LogP contribution in [0, 0.1) is 11.3 Å². The number of methoxy groups -OCH3 is 1. The van der Waals surface area contributed by atoms with Gasteiger partial charge >= 0.3 is 6.01 Å². The molecule has 1 aromatic heterocycles. The Morgan fingerprint density at radius 2 is 2.09 bits per heavy atom. The van der Waals surface area contributed by atoms with Gasteiger partial charge < -0.3 is 15.4 Å². The lowest BCUT2D eigenvalue weighted by Gasteiger charge is -2.28. The van der Waals surface area contributed by atoms with Gasteiger partial charge in [0.15, 0.2) is 0 Å². The van der Waals surface area contributed by atoms with Gasteiger partial charge in [-0.1, -0.05) is 12.1 Å². The maximum Gasteiger partial charge on any atom is 0.318 e. The quantitative estimate of drug-likeness (QED) is 0.917. The maximum absolute atomic E-state index is 12.7. The molecular formula is C16H15N5O2. The van der Waals surface area contributed by atoms with Gasteiger partial charge in [-0.05, 0) is 17.7 Å². The van der Waals surface area contributed by atoms with Gasteiger partial charge in [-0.15, -0.1) is 0 Å². The monoisotopic (exact) mass is 309 g/mol. The summed E-state index contributed by atoms with van der Waals surface area (Å²) in [5.41, 5.74) is 8.51. The summed E-state index contributed by atoms with van der Waals surface area (Å²) in [6, 6.07) is 9.61.